The van der Waals surface area contributed by atoms with Crippen molar-refractivity contribution in [2.24, 2.45) is 0 Å². The molecule has 5 heteroatoms. The molecule has 0 amide bonds. The molecular formula is C12H14ClNO2Si. The standard InChI is InChI=1S/C12H14ClNO2Si/c1-16-12(15)10-6-5-9(11(13)14-10)7-8-17(2,3)4/h5-6H,1-4H3. The minimum atomic E-state index is -1.44. The molecule has 0 bridgehead atoms. The molecule has 0 aliphatic carbocycles. The Morgan fingerprint density at radius 1 is 1.41 bits per heavy atom. The lowest BCUT2D eigenvalue weighted by atomic mass is 10.2. The third kappa shape index (κ3) is 4.21. The van der Waals surface area contributed by atoms with Crippen molar-refractivity contribution in [2.75, 3.05) is 7.11 Å². The number of carbonyl (C=O) groups is 1. The minimum Gasteiger partial charge on any atom is -0.464 e. The summed E-state index contributed by atoms with van der Waals surface area (Å²) in [5.74, 6) is 2.50. The van der Waals surface area contributed by atoms with Crippen LogP contribution < -0.4 is 0 Å². The first-order valence-corrected chi connectivity index (χ1v) is 8.99. The van der Waals surface area contributed by atoms with Gasteiger partial charge in [0.1, 0.15) is 18.9 Å². The van der Waals surface area contributed by atoms with E-state index in [4.69, 9.17) is 11.6 Å². The zero-order valence-electron chi connectivity index (χ0n) is 10.3. The second kappa shape index (κ2) is 5.35. The maximum Gasteiger partial charge on any atom is 0.356 e. The Labute approximate surface area is 107 Å². The summed E-state index contributed by atoms with van der Waals surface area (Å²) in [7, 11) is -0.142. The van der Waals surface area contributed by atoms with Crippen molar-refractivity contribution >= 4 is 25.6 Å². The summed E-state index contributed by atoms with van der Waals surface area (Å²) in [4.78, 5) is 15.2. The monoisotopic (exact) mass is 267 g/mol. The van der Waals surface area contributed by atoms with Crippen LogP contribution in [0.1, 0.15) is 16.1 Å². The Hall–Kier alpha value is -1.31. The predicted molar refractivity (Wildman–Crippen MR) is 70.8 cm³/mol. The van der Waals surface area contributed by atoms with Gasteiger partial charge in [0.05, 0.1) is 12.7 Å². The van der Waals surface area contributed by atoms with Gasteiger partial charge in [-0.2, -0.15) is 0 Å². The smallest absolute Gasteiger partial charge is 0.356 e. The van der Waals surface area contributed by atoms with Crippen molar-refractivity contribution in [2.45, 2.75) is 19.6 Å². The lowest BCUT2D eigenvalue weighted by molar-refractivity contribution is 0.0594. The SMILES string of the molecule is COC(=O)c1ccc(C#C[Si](C)(C)C)c(Cl)n1. The van der Waals surface area contributed by atoms with E-state index in [1.807, 2.05) is 0 Å². The van der Waals surface area contributed by atoms with Crippen molar-refractivity contribution in [1.82, 2.24) is 4.98 Å². The molecule has 0 N–H and O–H groups in total. The Balaban J connectivity index is 3.05. The first kappa shape index (κ1) is 13.8. The van der Waals surface area contributed by atoms with Crippen LogP contribution >= 0.6 is 11.6 Å². The number of halogens is 1. The van der Waals surface area contributed by atoms with Crippen LogP contribution in [0.3, 0.4) is 0 Å². The van der Waals surface area contributed by atoms with Crippen LogP contribution in [-0.2, 0) is 4.74 Å². The zero-order valence-corrected chi connectivity index (χ0v) is 12.1. The van der Waals surface area contributed by atoms with E-state index in [2.05, 4.69) is 40.8 Å². The van der Waals surface area contributed by atoms with Crippen LogP contribution in [0.4, 0.5) is 0 Å². The molecule has 1 heterocycles. The summed E-state index contributed by atoms with van der Waals surface area (Å²) in [5.41, 5.74) is 4.02. The number of pyridine rings is 1. The molecule has 17 heavy (non-hydrogen) atoms. The molecule has 1 aromatic heterocycles. The van der Waals surface area contributed by atoms with Gasteiger partial charge < -0.3 is 4.74 Å². The number of hydrogen-bond donors (Lipinski definition) is 0. The van der Waals surface area contributed by atoms with Crippen LogP contribution in [0.15, 0.2) is 12.1 Å². The molecule has 0 fully saturated rings. The molecule has 0 spiro atoms. The number of aromatic nitrogens is 1. The second-order valence-corrected chi connectivity index (χ2v) is 9.63. The van der Waals surface area contributed by atoms with Crippen molar-refractivity contribution in [3.05, 3.63) is 28.5 Å². The lowest BCUT2D eigenvalue weighted by Crippen LogP contribution is -2.16. The van der Waals surface area contributed by atoms with Gasteiger partial charge in [-0.15, -0.1) is 5.54 Å². The van der Waals surface area contributed by atoms with Gasteiger partial charge in [-0.3, -0.25) is 0 Å². The molecule has 1 aromatic rings. The van der Waals surface area contributed by atoms with Gasteiger partial charge in [0.15, 0.2) is 0 Å². The largest absolute Gasteiger partial charge is 0.464 e. The highest BCUT2D eigenvalue weighted by Crippen LogP contribution is 2.13. The molecule has 90 valence electrons. The summed E-state index contributed by atoms with van der Waals surface area (Å²) in [5, 5.41) is 0.235. The molecule has 3 nitrogen and oxygen atoms in total. The van der Waals surface area contributed by atoms with E-state index in [1.165, 1.54) is 7.11 Å². The van der Waals surface area contributed by atoms with Gasteiger partial charge in [0.25, 0.3) is 0 Å². The van der Waals surface area contributed by atoms with Gasteiger partial charge in [0.2, 0.25) is 0 Å². The molecular weight excluding hydrogens is 254 g/mol. The van der Waals surface area contributed by atoms with E-state index in [0.29, 0.717) is 5.56 Å². The van der Waals surface area contributed by atoms with E-state index < -0.39 is 14.0 Å². The van der Waals surface area contributed by atoms with E-state index in [-0.39, 0.29) is 10.8 Å². The van der Waals surface area contributed by atoms with Crippen LogP contribution in [0.2, 0.25) is 24.8 Å². The number of hydrogen-bond acceptors (Lipinski definition) is 3. The van der Waals surface area contributed by atoms with Gasteiger partial charge in [-0.05, 0) is 12.1 Å². The average Bonchev–Trinajstić information content (AvgIpc) is 2.25. The van der Waals surface area contributed by atoms with Crippen LogP contribution in [0.25, 0.3) is 0 Å². The molecule has 0 saturated carbocycles. The van der Waals surface area contributed by atoms with Crippen molar-refractivity contribution in [3.8, 4) is 11.5 Å². The number of methoxy groups -OCH3 is 1. The zero-order chi connectivity index (χ0) is 13.1. The van der Waals surface area contributed by atoms with E-state index in [0.717, 1.165) is 0 Å². The fourth-order valence-corrected chi connectivity index (χ4v) is 1.71. The molecule has 0 saturated heterocycles. The Morgan fingerprint density at radius 2 is 2.06 bits per heavy atom. The molecule has 1 rings (SSSR count). The molecule has 0 aliphatic rings. The molecule has 0 aliphatic heterocycles. The highest BCUT2D eigenvalue weighted by molar-refractivity contribution is 6.83. The third-order valence-electron chi connectivity index (χ3n) is 1.82. The fourth-order valence-electron chi connectivity index (χ4n) is 1.00. The molecule has 0 radical (unpaired) electrons. The minimum absolute atomic E-state index is 0.191. The van der Waals surface area contributed by atoms with E-state index in [9.17, 15) is 4.79 Å². The van der Waals surface area contributed by atoms with Crippen molar-refractivity contribution < 1.29 is 9.53 Å². The van der Waals surface area contributed by atoms with Crippen molar-refractivity contribution in [1.29, 1.82) is 0 Å². The second-order valence-electron chi connectivity index (χ2n) is 4.53. The molecule has 0 aromatic carbocycles. The number of esters is 1. The Morgan fingerprint density at radius 3 is 2.53 bits per heavy atom. The lowest BCUT2D eigenvalue weighted by Gasteiger charge is -2.04. The van der Waals surface area contributed by atoms with Crippen LogP contribution in [0, 0.1) is 11.5 Å². The first-order valence-electron chi connectivity index (χ1n) is 5.11. The van der Waals surface area contributed by atoms with Gasteiger partial charge in [-0.1, -0.05) is 37.2 Å². The van der Waals surface area contributed by atoms with Crippen molar-refractivity contribution in [3.63, 3.8) is 0 Å². The van der Waals surface area contributed by atoms with E-state index in [1.54, 1.807) is 12.1 Å². The summed E-state index contributed by atoms with van der Waals surface area (Å²) < 4.78 is 4.56. The Kier molecular flexibility index (Phi) is 4.32. The highest BCUT2D eigenvalue weighted by Gasteiger charge is 2.11. The maximum atomic E-state index is 11.2. The molecule has 0 unspecified atom stereocenters. The number of ether oxygens (including phenoxy) is 1. The van der Waals surface area contributed by atoms with Crippen LogP contribution in [-0.4, -0.2) is 26.1 Å². The normalized spacial score (nSPS) is 10.4. The average molecular weight is 268 g/mol. The summed E-state index contributed by atoms with van der Waals surface area (Å²) in [6.07, 6.45) is 0. The third-order valence-corrected chi connectivity index (χ3v) is 2.98. The van der Waals surface area contributed by atoms with Gasteiger partial charge in [-0.25, -0.2) is 9.78 Å². The number of carbonyl (C=O) groups excluding carboxylic acids is 1. The first-order chi connectivity index (χ1) is 7.83. The fraction of sp³-hybridized carbons (Fsp3) is 0.333. The highest BCUT2D eigenvalue weighted by atomic mass is 35.5. The summed E-state index contributed by atoms with van der Waals surface area (Å²) in [6, 6.07) is 3.25. The number of rotatable bonds is 1. The quantitative estimate of drug-likeness (QED) is 0.340. The molecule has 0 atom stereocenters. The van der Waals surface area contributed by atoms with Crippen LogP contribution in [0.5, 0.6) is 0 Å². The predicted octanol–water partition coefficient (Wildman–Crippen LogP) is 2.75. The van der Waals surface area contributed by atoms with E-state index >= 15 is 0 Å². The summed E-state index contributed by atoms with van der Waals surface area (Å²) >= 11 is 5.95. The Bertz CT molecular complexity index is 497. The van der Waals surface area contributed by atoms with Gasteiger partial charge in [0, 0.05) is 0 Å². The topological polar surface area (TPSA) is 39.2 Å². The number of nitrogens with zero attached hydrogens (tertiary/aromatic N) is 1. The maximum absolute atomic E-state index is 11.2. The van der Waals surface area contributed by atoms with Gasteiger partial charge >= 0.3 is 5.97 Å². The summed E-state index contributed by atoms with van der Waals surface area (Å²) in [6.45, 7) is 6.43.